The van der Waals surface area contributed by atoms with Gasteiger partial charge in [0.15, 0.2) is 0 Å². The minimum absolute atomic E-state index is 0.112. The highest BCUT2D eigenvalue weighted by atomic mass is 16.5. The van der Waals surface area contributed by atoms with E-state index in [1.807, 2.05) is 86.5 Å². The molecule has 0 fully saturated rings. The molecule has 0 aliphatic rings. The van der Waals surface area contributed by atoms with Crippen LogP contribution in [-0.2, 0) is 0 Å². The van der Waals surface area contributed by atoms with Gasteiger partial charge in [-0.25, -0.2) is 0 Å². The molecule has 5 nitrogen and oxygen atoms in total. The van der Waals surface area contributed by atoms with Crippen molar-refractivity contribution in [1.82, 2.24) is 4.98 Å². The Bertz CT molecular complexity index is 893. The topological polar surface area (TPSA) is 54.5 Å². The second-order valence-electron chi connectivity index (χ2n) is 6.47. The van der Waals surface area contributed by atoms with Gasteiger partial charge in [0.2, 0.25) is 0 Å². The van der Waals surface area contributed by atoms with Gasteiger partial charge in [-0.1, -0.05) is 18.2 Å². The minimum atomic E-state index is -0.205. The molecule has 3 rings (SSSR count). The van der Waals surface area contributed by atoms with E-state index in [9.17, 15) is 4.79 Å². The smallest absolute Gasteiger partial charge is 0.257 e. The van der Waals surface area contributed by atoms with E-state index in [0.29, 0.717) is 11.3 Å². The van der Waals surface area contributed by atoms with Crippen LogP contribution >= 0.6 is 0 Å². The molecule has 1 amide bonds. The van der Waals surface area contributed by atoms with E-state index in [4.69, 9.17) is 4.74 Å². The number of aromatic nitrogens is 1. The van der Waals surface area contributed by atoms with Crippen molar-refractivity contribution in [2.45, 2.75) is 20.0 Å². The number of amides is 1. The number of para-hydroxylation sites is 1. The van der Waals surface area contributed by atoms with E-state index < -0.39 is 0 Å². The number of ether oxygens (including phenoxy) is 1. The van der Waals surface area contributed by atoms with Crippen molar-refractivity contribution >= 4 is 23.0 Å². The zero-order valence-electron chi connectivity index (χ0n) is 15.7. The summed E-state index contributed by atoms with van der Waals surface area (Å²) < 4.78 is 5.61. The van der Waals surface area contributed by atoms with E-state index in [1.165, 1.54) is 0 Å². The number of hydrogen-bond donors (Lipinski definition) is 1. The first-order valence-corrected chi connectivity index (χ1v) is 8.85. The Kier molecular flexibility index (Phi) is 5.71. The number of rotatable bonds is 6. The van der Waals surface area contributed by atoms with Gasteiger partial charge in [-0.05, 0) is 56.3 Å². The summed E-state index contributed by atoms with van der Waals surface area (Å²) in [5.74, 6) is 0.569. The van der Waals surface area contributed by atoms with E-state index in [0.717, 1.165) is 17.1 Å². The summed E-state index contributed by atoms with van der Waals surface area (Å²) in [6.07, 6.45) is 3.41. The molecule has 1 heterocycles. The van der Waals surface area contributed by atoms with Crippen LogP contribution in [0.4, 0.5) is 17.1 Å². The summed E-state index contributed by atoms with van der Waals surface area (Å²) in [7, 11) is 1.95. The second kappa shape index (κ2) is 8.36. The van der Waals surface area contributed by atoms with Crippen molar-refractivity contribution < 1.29 is 9.53 Å². The van der Waals surface area contributed by atoms with Crippen LogP contribution in [-0.4, -0.2) is 24.0 Å². The fraction of sp³-hybridized carbons (Fsp3) is 0.182. The largest absolute Gasteiger partial charge is 0.491 e. The van der Waals surface area contributed by atoms with Gasteiger partial charge in [-0.2, -0.15) is 0 Å². The molecule has 0 radical (unpaired) electrons. The molecule has 0 aliphatic carbocycles. The summed E-state index contributed by atoms with van der Waals surface area (Å²) in [6.45, 7) is 3.95. The minimum Gasteiger partial charge on any atom is -0.491 e. The molecular formula is C22H23N3O2. The lowest BCUT2D eigenvalue weighted by Gasteiger charge is -2.19. The first-order chi connectivity index (χ1) is 13.0. The summed E-state index contributed by atoms with van der Waals surface area (Å²) >= 11 is 0. The van der Waals surface area contributed by atoms with E-state index in [1.54, 1.807) is 12.4 Å². The molecule has 0 bridgehead atoms. The summed E-state index contributed by atoms with van der Waals surface area (Å²) in [5, 5.41) is 2.89. The SMILES string of the molecule is CC(C)Oc1ccc(NC(=O)c2cncc(N(C)c3ccccc3)c2)cc1. The third-order valence-electron chi connectivity index (χ3n) is 4.00. The maximum absolute atomic E-state index is 12.6. The summed E-state index contributed by atoms with van der Waals surface area (Å²) in [4.78, 5) is 18.8. The van der Waals surface area contributed by atoms with Gasteiger partial charge in [0.25, 0.3) is 5.91 Å². The molecule has 1 N–H and O–H groups in total. The van der Waals surface area contributed by atoms with Gasteiger partial charge in [0.1, 0.15) is 5.75 Å². The fourth-order valence-corrected chi connectivity index (χ4v) is 2.63. The molecule has 3 aromatic rings. The first kappa shape index (κ1) is 18.5. The van der Waals surface area contributed by atoms with Gasteiger partial charge in [0, 0.05) is 24.6 Å². The highest BCUT2D eigenvalue weighted by Gasteiger charge is 2.11. The number of carbonyl (C=O) groups excluding carboxylic acids is 1. The van der Waals surface area contributed by atoms with E-state index in [-0.39, 0.29) is 12.0 Å². The van der Waals surface area contributed by atoms with Crippen LogP contribution in [0.3, 0.4) is 0 Å². The molecule has 1 aromatic heterocycles. The Morgan fingerprint density at radius 1 is 1.00 bits per heavy atom. The zero-order chi connectivity index (χ0) is 19.2. The Morgan fingerprint density at radius 3 is 2.37 bits per heavy atom. The molecule has 0 aliphatic heterocycles. The number of carbonyl (C=O) groups is 1. The predicted octanol–water partition coefficient (Wildman–Crippen LogP) is 4.89. The first-order valence-electron chi connectivity index (χ1n) is 8.85. The lowest BCUT2D eigenvalue weighted by atomic mass is 10.2. The van der Waals surface area contributed by atoms with Crippen LogP contribution in [0.25, 0.3) is 0 Å². The summed E-state index contributed by atoms with van der Waals surface area (Å²) in [5.41, 5.74) is 3.07. The highest BCUT2D eigenvalue weighted by Crippen LogP contribution is 2.23. The Hall–Kier alpha value is -3.34. The number of hydrogen-bond acceptors (Lipinski definition) is 4. The van der Waals surface area contributed by atoms with Gasteiger partial charge in [-0.15, -0.1) is 0 Å². The lowest BCUT2D eigenvalue weighted by molar-refractivity contribution is 0.102. The molecule has 5 heteroatoms. The van der Waals surface area contributed by atoms with Crippen LogP contribution in [0.5, 0.6) is 5.75 Å². The number of benzene rings is 2. The van der Waals surface area contributed by atoms with Crippen LogP contribution in [0, 0.1) is 0 Å². The van der Waals surface area contributed by atoms with Gasteiger partial charge in [0.05, 0.1) is 23.6 Å². The molecule has 0 unspecified atom stereocenters. The van der Waals surface area contributed by atoms with Gasteiger partial charge >= 0.3 is 0 Å². The van der Waals surface area contributed by atoms with Crippen molar-refractivity contribution in [2.75, 3.05) is 17.3 Å². The average molecular weight is 361 g/mol. The van der Waals surface area contributed by atoms with Crippen molar-refractivity contribution in [1.29, 1.82) is 0 Å². The van der Waals surface area contributed by atoms with Crippen LogP contribution in [0.2, 0.25) is 0 Å². The van der Waals surface area contributed by atoms with Crippen LogP contribution < -0.4 is 15.0 Å². The normalized spacial score (nSPS) is 10.5. The van der Waals surface area contributed by atoms with Crippen LogP contribution in [0.1, 0.15) is 24.2 Å². The monoisotopic (exact) mass is 361 g/mol. The number of nitrogens with one attached hydrogen (secondary N) is 1. The fourth-order valence-electron chi connectivity index (χ4n) is 2.63. The van der Waals surface area contributed by atoms with Crippen molar-refractivity contribution in [3.05, 3.63) is 78.6 Å². The predicted molar refractivity (Wildman–Crippen MR) is 109 cm³/mol. The quantitative estimate of drug-likeness (QED) is 0.679. The standard InChI is InChI=1S/C22H23N3O2/c1-16(2)27-21-11-9-18(10-12-21)24-22(26)17-13-20(15-23-14-17)25(3)19-7-5-4-6-8-19/h4-16H,1-3H3,(H,24,26). The van der Waals surface area contributed by atoms with Gasteiger partial charge in [-0.3, -0.25) is 9.78 Å². The zero-order valence-corrected chi connectivity index (χ0v) is 15.7. The van der Waals surface area contributed by atoms with Crippen molar-refractivity contribution in [3.63, 3.8) is 0 Å². The molecule has 2 aromatic carbocycles. The maximum Gasteiger partial charge on any atom is 0.257 e. The number of pyridine rings is 1. The lowest BCUT2D eigenvalue weighted by Crippen LogP contribution is -2.15. The second-order valence-corrected chi connectivity index (χ2v) is 6.47. The van der Waals surface area contributed by atoms with E-state index in [2.05, 4.69) is 10.3 Å². The third-order valence-corrected chi connectivity index (χ3v) is 4.00. The third kappa shape index (κ3) is 4.85. The van der Waals surface area contributed by atoms with Crippen molar-refractivity contribution in [2.24, 2.45) is 0 Å². The Labute approximate surface area is 159 Å². The number of anilines is 3. The molecule has 0 spiro atoms. The average Bonchev–Trinajstić information content (AvgIpc) is 2.69. The molecule has 27 heavy (non-hydrogen) atoms. The van der Waals surface area contributed by atoms with E-state index >= 15 is 0 Å². The molecule has 138 valence electrons. The molecule has 0 saturated heterocycles. The van der Waals surface area contributed by atoms with Crippen molar-refractivity contribution in [3.8, 4) is 5.75 Å². The Balaban J connectivity index is 1.72. The highest BCUT2D eigenvalue weighted by molar-refractivity contribution is 6.04. The molecule has 0 saturated carbocycles. The summed E-state index contributed by atoms with van der Waals surface area (Å²) in [6, 6.07) is 19.1. The molecular weight excluding hydrogens is 338 g/mol. The number of nitrogens with zero attached hydrogens (tertiary/aromatic N) is 2. The maximum atomic E-state index is 12.6. The van der Waals surface area contributed by atoms with Crippen LogP contribution in [0.15, 0.2) is 73.1 Å². The molecule has 0 atom stereocenters. The van der Waals surface area contributed by atoms with Gasteiger partial charge < -0.3 is 15.0 Å². The Morgan fingerprint density at radius 2 is 1.70 bits per heavy atom.